The smallest absolute Gasteiger partial charge is 0.0149 e. The molecule has 0 radical (unpaired) electrons. The minimum Gasteiger partial charge on any atom is -0.391 e. The molecule has 0 aliphatic heterocycles. The molecule has 0 unspecified atom stereocenters. The lowest BCUT2D eigenvalue weighted by molar-refractivity contribution is 0.480. The molecular weight excluding hydrogens is 226 g/mol. The number of rotatable bonds is 6. The van der Waals surface area contributed by atoms with Crippen molar-refractivity contribution >= 4 is 11.8 Å². The third kappa shape index (κ3) is 10.7. The quantitative estimate of drug-likeness (QED) is 0.693. The van der Waals surface area contributed by atoms with Gasteiger partial charge in [-0.15, -0.1) is 0 Å². The zero-order valence-corrected chi connectivity index (χ0v) is 13.6. The predicted octanol–water partition coefficient (Wildman–Crippen LogP) is 4.70. The maximum absolute atomic E-state index is 3.41. The average Bonchev–Trinajstić information content (AvgIpc) is 2.12. The molecule has 0 saturated carbocycles. The molecule has 102 valence electrons. The molecule has 17 heavy (non-hydrogen) atoms. The van der Waals surface area contributed by atoms with E-state index in [2.05, 4.69) is 71.7 Å². The second kappa shape index (κ2) is 7.35. The Morgan fingerprint density at radius 1 is 1.12 bits per heavy atom. The summed E-state index contributed by atoms with van der Waals surface area (Å²) in [5.41, 5.74) is 2.16. The highest BCUT2D eigenvalue weighted by atomic mass is 32.2. The molecule has 2 heteroatoms. The molecular formula is C15H31NS. The number of hydrogen-bond acceptors (Lipinski definition) is 2. The van der Waals surface area contributed by atoms with Gasteiger partial charge >= 0.3 is 0 Å². The van der Waals surface area contributed by atoms with Crippen LogP contribution in [0, 0.1) is 10.8 Å². The van der Waals surface area contributed by atoms with Crippen LogP contribution in [0.3, 0.4) is 0 Å². The lowest BCUT2D eigenvalue weighted by Gasteiger charge is -2.19. The van der Waals surface area contributed by atoms with Gasteiger partial charge in [-0.05, 0) is 41.9 Å². The Bertz CT molecular complexity index is 230. The van der Waals surface area contributed by atoms with Crippen molar-refractivity contribution in [3.63, 3.8) is 0 Å². The van der Waals surface area contributed by atoms with E-state index in [0.717, 1.165) is 6.54 Å². The van der Waals surface area contributed by atoms with Crippen LogP contribution >= 0.6 is 11.8 Å². The molecule has 0 atom stereocenters. The van der Waals surface area contributed by atoms with Crippen molar-refractivity contribution in [2.75, 3.05) is 18.1 Å². The van der Waals surface area contributed by atoms with Crippen molar-refractivity contribution in [1.82, 2.24) is 5.32 Å². The molecule has 0 heterocycles. The summed E-state index contributed by atoms with van der Waals surface area (Å²) in [6, 6.07) is 0. The summed E-state index contributed by atoms with van der Waals surface area (Å²) in [4.78, 5) is 0. The molecule has 0 aliphatic carbocycles. The summed E-state index contributed by atoms with van der Waals surface area (Å²) in [5.74, 6) is 2.51. The molecule has 0 aliphatic rings. The molecule has 0 aromatic heterocycles. The van der Waals surface area contributed by atoms with Crippen molar-refractivity contribution in [2.24, 2.45) is 10.8 Å². The molecule has 0 fully saturated rings. The lowest BCUT2D eigenvalue weighted by atomic mass is 9.88. The van der Waals surface area contributed by atoms with Crippen LogP contribution < -0.4 is 5.32 Å². The van der Waals surface area contributed by atoms with Gasteiger partial charge in [0.1, 0.15) is 0 Å². The topological polar surface area (TPSA) is 12.0 Å². The van der Waals surface area contributed by atoms with Crippen LogP contribution in [0.25, 0.3) is 0 Å². The van der Waals surface area contributed by atoms with Crippen molar-refractivity contribution in [3.8, 4) is 0 Å². The monoisotopic (exact) mass is 257 g/mol. The van der Waals surface area contributed by atoms with E-state index in [4.69, 9.17) is 0 Å². The van der Waals surface area contributed by atoms with Crippen LogP contribution in [0.1, 0.15) is 54.9 Å². The normalized spacial score (nSPS) is 13.9. The number of nitrogens with one attached hydrogen (secondary N) is 1. The van der Waals surface area contributed by atoms with Gasteiger partial charge in [0.25, 0.3) is 0 Å². The van der Waals surface area contributed by atoms with Crippen LogP contribution in [-0.2, 0) is 0 Å². The molecule has 1 N–H and O–H groups in total. The van der Waals surface area contributed by atoms with Crippen LogP contribution in [-0.4, -0.2) is 18.1 Å². The first kappa shape index (κ1) is 16.9. The van der Waals surface area contributed by atoms with E-state index >= 15 is 0 Å². The van der Waals surface area contributed by atoms with E-state index < -0.39 is 0 Å². The van der Waals surface area contributed by atoms with Crippen molar-refractivity contribution < 1.29 is 0 Å². The van der Waals surface area contributed by atoms with Crippen LogP contribution in [0.2, 0.25) is 0 Å². The molecule has 0 aromatic rings. The van der Waals surface area contributed by atoms with E-state index in [1.807, 2.05) is 0 Å². The summed E-state index contributed by atoms with van der Waals surface area (Å²) in [7, 11) is 0. The third-order valence-electron chi connectivity index (χ3n) is 2.65. The standard InChI is InChI=1S/C15H31NS/c1-13(15(5,6)7)11-16-9-8-10-17-12-14(2,3)4/h11,16H,8-10,12H2,1-7H3/b13-11+. The Kier molecular flexibility index (Phi) is 7.30. The zero-order valence-electron chi connectivity index (χ0n) is 12.8. The Labute approximate surface area is 113 Å². The fourth-order valence-electron chi connectivity index (χ4n) is 1.10. The van der Waals surface area contributed by atoms with Gasteiger partial charge in [0.05, 0.1) is 0 Å². The van der Waals surface area contributed by atoms with Gasteiger partial charge < -0.3 is 5.32 Å². The molecule has 0 amide bonds. The average molecular weight is 257 g/mol. The van der Waals surface area contributed by atoms with E-state index in [9.17, 15) is 0 Å². The number of hydrogen-bond donors (Lipinski definition) is 1. The van der Waals surface area contributed by atoms with Crippen LogP contribution in [0.4, 0.5) is 0 Å². The van der Waals surface area contributed by atoms with Gasteiger partial charge in [-0.3, -0.25) is 0 Å². The van der Waals surface area contributed by atoms with Gasteiger partial charge in [0, 0.05) is 6.54 Å². The van der Waals surface area contributed by atoms with Crippen LogP contribution in [0.5, 0.6) is 0 Å². The largest absolute Gasteiger partial charge is 0.391 e. The van der Waals surface area contributed by atoms with Crippen molar-refractivity contribution in [3.05, 3.63) is 11.8 Å². The third-order valence-corrected chi connectivity index (χ3v) is 4.29. The highest BCUT2D eigenvalue weighted by Crippen LogP contribution is 2.23. The minimum atomic E-state index is 0.286. The first-order valence-corrected chi connectivity index (χ1v) is 7.77. The van der Waals surface area contributed by atoms with Gasteiger partial charge in [-0.1, -0.05) is 47.1 Å². The van der Waals surface area contributed by atoms with Crippen LogP contribution in [0.15, 0.2) is 11.8 Å². The second-order valence-corrected chi connectivity index (χ2v) is 8.10. The van der Waals surface area contributed by atoms with Gasteiger partial charge in [-0.25, -0.2) is 0 Å². The highest BCUT2D eigenvalue weighted by molar-refractivity contribution is 7.99. The first-order chi connectivity index (χ1) is 7.63. The molecule has 0 aromatic carbocycles. The first-order valence-electron chi connectivity index (χ1n) is 6.61. The van der Waals surface area contributed by atoms with Gasteiger partial charge in [-0.2, -0.15) is 11.8 Å². The SMILES string of the molecule is C/C(=C\NCCCSCC(C)(C)C)C(C)(C)C. The maximum Gasteiger partial charge on any atom is 0.0149 e. The summed E-state index contributed by atoms with van der Waals surface area (Å²) >= 11 is 2.06. The highest BCUT2D eigenvalue weighted by Gasteiger charge is 2.11. The zero-order chi connectivity index (χ0) is 13.5. The number of allylic oxidation sites excluding steroid dienone is 1. The molecule has 0 saturated heterocycles. The Balaban J connectivity index is 3.54. The van der Waals surface area contributed by atoms with E-state index in [-0.39, 0.29) is 5.41 Å². The minimum absolute atomic E-state index is 0.286. The van der Waals surface area contributed by atoms with Crippen molar-refractivity contribution in [2.45, 2.75) is 54.9 Å². The molecule has 0 bridgehead atoms. The fourth-order valence-corrected chi connectivity index (χ4v) is 2.20. The summed E-state index contributed by atoms with van der Waals surface area (Å²) in [6.07, 6.45) is 3.42. The molecule has 1 nitrogen and oxygen atoms in total. The van der Waals surface area contributed by atoms with E-state index in [0.29, 0.717) is 5.41 Å². The Morgan fingerprint density at radius 2 is 1.71 bits per heavy atom. The van der Waals surface area contributed by atoms with E-state index in [1.54, 1.807) is 0 Å². The number of thioether (sulfide) groups is 1. The second-order valence-electron chi connectivity index (χ2n) is 7.00. The fraction of sp³-hybridized carbons (Fsp3) is 0.867. The Morgan fingerprint density at radius 3 is 2.18 bits per heavy atom. The maximum atomic E-state index is 3.41. The molecule has 0 spiro atoms. The van der Waals surface area contributed by atoms with Gasteiger partial charge in [0.15, 0.2) is 0 Å². The van der Waals surface area contributed by atoms with E-state index in [1.165, 1.54) is 23.5 Å². The van der Waals surface area contributed by atoms with Crippen molar-refractivity contribution in [1.29, 1.82) is 0 Å². The summed E-state index contributed by atoms with van der Waals surface area (Å²) in [5, 5.41) is 3.41. The summed E-state index contributed by atoms with van der Waals surface area (Å²) < 4.78 is 0. The summed E-state index contributed by atoms with van der Waals surface area (Å²) in [6.45, 7) is 16.9. The Hall–Kier alpha value is -0.110. The lowest BCUT2D eigenvalue weighted by Crippen LogP contribution is -2.14. The predicted molar refractivity (Wildman–Crippen MR) is 82.6 cm³/mol. The van der Waals surface area contributed by atoms with Gasteiger partial charge in [0.2, 0.25) is 0 Å². The molecule has 0 rings (SSSR count).